The standard InChI is InChI=1S/C27H25FN2O5/c1-4-6-17-14-18(24(30-33)21-11-9-16(2)13-22(21)28)10-12-23(17)34-20-8-5-7-19(15-20)27(3)25(31)29-26(32)35-27/h5,7-15,33H,4,6H2,1-3H3,(H,29,31,32)/b30-24-/t27-/m1/s1. The fourth-order valence-corrected chi connectivity index (χ4v) is 4.01. The Morgan fingerprint density at radius 2 is 1.94 bits per heavy atom. The van der Waals surface area contributed by atoms with Gasteiger partial charge in [0.1, 0.15) is 23.0 Å². The molecule has 1 aliphatic heterocycles. The Kier molecular flexibility index (Phi) is 6.55. The number of halogens is 1. The molecule has 3 aromatic rings. The zero-order chi connectivity index (χ0) is 25.2. The number of nitrogens with zero attached hydrogens (tertiary/aromatic N) is 1. The molecule has 0 aromatic heterocycles. The van der Waals surface area contributed by atoms with Gasteiger partial charge >= 0.3 is 6.09 Å². The Balaban J connectivity index is 1.67. The van der Waals surface area contributed by atoms with Crippen molar-refractivity contribution in [3.05, 3.63) is 94.3 Å². The molecule has 0 radical (unpaired) electrons. The topological polar surface area (TPSA) is 97.2 Å². The minimum atomic E-state index is -1.45. The summed E-state index contributed by atoms with van der Waals surface area (Å²) in [5.74, 6) is -0.00963. The van der Waals surface area contributed by atoms with Crippen molar-refractivity contribution in [1.82, 2.24) is 5.32 Å². The van der Waals surface area contributed by atoms with E-state index >= 15 is 0 Å². The lowest BCUT2D eigenvalue weighted by Gasteiger charge is -2.20. The first-order valence-corrected chi connectivity index (χ1v) is 11.2. The molecular formula is C27H25FN2O5. The molecule has 35 heavy (non-hydrogen) atoms. The molecule has 0 unspecified atom stereocenters. The van der Waals surface area contributed by atoms with Crippen LogP contribution in [0.4, 0.5) is 9.18 Å². The molecule has 7 nitrogen and oxygen atoms in total. The molecular weight excluding hydrogens is 451 g/mol. The molecule has 3 aromatic carbocycles. The van der Waals surface area contributed by atoms with Gasteiger partial charge in [0.05, 0.1) is 0 Å². The molecule has 0 spiro atoms. The van der Waals surface area contributed by atoms with Gasteiger partial charge < -0.3 is 14.7 Å². The van der Waals surface area contributed by atoms with Crippen LogP contribution in [-0.2, 0) is 21.6 Å². The Hall–Kier alpha value is -4.20. The van der Waals surface area contributed by atoms with Gasteiger partial charge in [-0.3, -0.25) is 10.1 Å². The number of amides is 2. The summed E-state index contributed by atoms with van der Waals surface area (Å²) in [4.78, 5) is 23.8. The third kappa shape index (κ3) is 4.73. The van der Waals surface area contributed by atoms with Crippen molar-refractivity contribution in [2.45, 2.75) is 39.2 Å². The number of benzene rings is 3. The largest absolute Gasteiger partial charge is 0.457 e. The summed E-state index contributed by atoms with van der Waals surface area (Å²) in [7, 11) is 0. The number of aryl methyl sites for hydroxylation is 2. The van der Waals surface area contributed by atoms with E-state index in [1.165, 1.54) is 13.0 Å². The van der Waals surface area contributed by atoms with Gasteiger partial charge in [0.2, 0.25) is 5.60 Å². The van der Waals surface area contributed by atoms with E-state index in [9.17, 15) is 19.2 Å². The van der Waals surface area contributed by atoms with E-state index in [2.05, 4.69) is 10.5 Å². The van der Waals surface area contributed by atoms with Crippen LogP contribution in [0.15, 0.2) is 65.8 Å². The third-order valence-corrected chi connectivity index (χ3v) is 5.89. The molecule has 8 heteroatoms. The smallest absolute Gasteiger partial charge is 0.415 e. The molecule has 2 N–H and O–H groups in total. The first-order valence-electron chi connectivity index (χ1n) is 11.2. The van der Waals surface area contributed by atoms with Crippen molar-refractivity contribution in [3.8, 4) is 11.5 Å². The van der Waals surface area contributed by atoms with Crippen molar-refractivity contribution in [2.24, 2.45) is 5.16 Å². The average molecular weight is 477 g/mol. The third-order valence-electron chi connectivity index (χ3n) is 5.89. The van der Waals surface area contributed by atoms with Crippen molar-refractivity contribution < 1.29 is 28.7 Å². The van der Waals surface area contributed by atoms with Gasteiger partial charge in [0.15, 0.2) is 0 Å². The molecule has 1 atom stereocenters. The van der Waals surface area contributed by atoms with Gasteiger partial charge in [0.25, 0.3) is 5.91 Å². The average Bonchev–Trinajstić information content (AvgIpc) is 3.09. The summed E-state index contributed by atoms with van der Waals surface area (Å²) in [5, 5.41) is 15.2. The second kappa shape index (κ2) is 9.58. The Morgan fingerprint density at radius 3 is 2.60 bits per heavy atom. The quantitative estimate of drug-likeness (QED) is 0.263. The number of hydrogen-bond donors (Lipinski definition) is 2. The molecule has 2 amide bonds. The van der Waals surface area contributed by atoms with Gasteiger partial charge in [-0.15, -0.1) is 0 Å². The van der Waals surface area contributed by atoms with Crippen LogP contribution in [-0.4, -0.2) is 22.9 Å². The van der Waals surface area contributed by atoms with Crippen molar-refractivity contribution >= 4 is 17.7 Å². The SMILES string of the molecule is CCCc1cc(/C(=N/O)c2ccc(C)cc2F)ccc1Oc1cccc([C@@]2(C)OC(=O)NC2=O)c1. The number of oxime groups is 1. The predicted molar refractivity (Wildman–Crippen MR) is 127 cm³/mol. The van der Waals surface area contributed by atoms with Crippen LogP contribution in [0.3, 0.4) is 0 Å². The van der Waals surface area contributed by atoms with Crippen LogP contribution in [0, 0.1) is 12.7 Å². The van der Waals surface area contributed by atoms with Gasteiger partial charge in [-0.05, 0) is 73.9 Å². The number of hydrogen-bond acceptors (Lipinski definition) is 6. The number of carbonyl (C=O) groups is 2. The lowest BCUT2D eigenvalue weighted by atomic mass is 9.95. The molecule has 1 saturated heterocycles. The maximum atomic E-state index is 14.6. The highest BCUT2D eigenvalue weighted by Gasteiger charge is 2.46. The number of imide groups is 1. The molecule has 1 heterocycles. The van der Waals surface area contributed by atoms with Gasteiger partial charge in [-0.25, -0.2) is 9.18 Å². The second-order valence-electron chi connectivity index (χ2n) is 8.51. The summed E-state index contributed by atoms with van der Waals surface area (Å²) in [5.41, 5.74) is 1.48. The number of nitrogens with one attached hydrogen (secondary N) is 1. The number of rotatable bonds is 7. The van der Waals surface area contributed by atoms with E-state index in [-0.39, 0.29) is 11.3 Å². The van der Waals surface area contributed by atoms with Crippen LogP contribution in [0.1, 0.15) is 48.1 Å². The zero-order valence-corrected chi connectivity index (χ0v) is 19.6. The van der Waals surface area contributed by atoms with E-state index < -0.39 is 23.4 Å². The maximum absolute atomic E-state index is 14.6. The van der Waals surface area contributed by atoms with E-state index in [1.807, 2.05) is 13.0 Å². The second-order valence-corrected chi connectivity index (χ2v) is 8.51. The monoisotopic (exact) mass is 476 g/mol. The van der Waals surface area contributed by atoms with Crippen LogP contribution < -0.4 is 10.1 Å². The fourth-order valence-electron chi connectivity index (χ4n) is 4.01. The van der Waals surface area contributed by atoms with Crippen LogP contribution in [0.2, 0.25) is 0 Å². The number of carbonyl (C=O) groups excluding carboxylic acids is 2. The molecule has 0 saturated carbocycles. The normalized spacial score (nSPS) is 17.8. The predicted octanol–water partition coefficient (Wildman–Crippen LogP) is 5.59. The van der Waals surface area contributed by atoms with Crippen molar-refractivity contribution in [3.63, 3.8) is 0 Å². The zero-order valence-electron chi connectivity index (χ0n) is 19.6. The maximum Gasteiger partial charge on any atom is 0.415 e. The number of cyclic esters (lactones) is 1. The fraction of sp³-hybridized carbons (Fsp3) is 0.222. The summed E-state index contributed by atoms with van der Waals surface area (Å²) in [6, 6.07) is 16.7. The highest BCUT2D eigenvalue weighted by molar-refractivity contribution is 6.13. The van der Waals surface area contributed by atoms with E-state index in [4.69, 9.17) is 9.47 Å². The van der Waals surface area contributed by atoms with E-state index in [0.717, 1.165) is 17.5 Å². The Bertz CT molecular complexity index is 1340. The van der Waals surface area contributed by atoms with Gasteiger partial charge in [-0.1, -0.05) is 36.7 Å². The number of ether oxygens (including phenoxy) is 2. The summed E-state index contributed by atoms with van der Waals surface area (Å²) in [6.45, 7) is 5.32. The molecule has 0 bridgehead atoms. The molecule has 1 aliphatic rings. The number of alkyl carbamates (subject to hydrolysis) is 1. The van der Waals surface area contributed by atoms with Crippen LogP contribution in [0.25, 0.3) is 0 Å². The highest BCUT2D eigenvalue weighted by atomic mass is 19.1. The lowest BCUT2D eigenvalue weighted by molar-refractivity contribution is -0.130. The van der Waals surface area contributed by atoms with E-state index in [0.29, 0.717) is 29.0 Å². The molecule has 4 rings (SSSR count). The minimum Gasteiger partial charge on any atom is -0.457 e. The summed E-state index contributed by atoms with van der Waals surface area (Å²) >= 11 is 0. The first-order chi connectivity index (χ1) is 16.7. The van der Waals surface area contributed by atoms with Crippen LogP contribution >= 0.6 is 0 Å². The van der Waals surface area contributed by atoms with Crippen molar-refractivity contribution in [1.29, 1.82) is 0 Å². The summed E-state index contributed by atoms with van der Waals surface area (Å²) < 4.78 is 25.9. The highest BCUT2D eigenvalue weighted by Crippen LogP contribution is 2.34. The van der Waals surface area contributed by atoms with Gasteiger partial charge in [-0.2, -0.15) is 0 Å². The summed E-state index contributed by atoms with van der Waals surface area (Å²) in [6.07, 6.45) is 0.685. The molecule has 1 fully saturated rings. The van der Waals surface area contributed by atoms with E-state index in [1.54, 1.807) is 55.5 Å². The lowest BCUT2D eigenvalue weighted by Crippen LogP contribution is -2.33. The molecule has 180 valence electrons. The Labute approximate surface area is 202 Å². The first kappa shape index (κ1) is 23.9. The van der Waals surface area contributed by atoms with Crippen LogP contribution in [0.5, 0.6) is 11.5 Å². The van der Waals surface area contributed by atoms with Crippen molar-refractivity contribution in [2.75, 3.05) is 0 Å². The molecule has 0 aliphatic carbocycles. The minimum absolute atomic E-state index is 0.121. The van der Waals surface area contributed by atoms with Gasteiger partial charge in [0, 0.05) is 16.7 Å². The Morgan fingerprint density at radius 1 is 1.14 bits per heavy atom.